The summed E-state index contributed by atoms with van der Waals surface area (Å²) in [4.78, 5) is 13.8. The maximum atomic E-state index is 13.4. The van der Waals surface area contributed by atoms with Gasteiger partial charge in [0, 0.05) is 24.3 Å². The van der Waals surface area contributed by atoms with E-state index >= 15 is 0 Å². The van der Waals surface area contributed by atoms with E-state index in [0.717, 1.165) is 5.75 Å². The molecule has 0 aromatic carbocycles. The molecule has 22 heavy (non-hydrogen) atoms. The van der Waals surface area contributed by atoms with Crippen LogP contribution in [0.5, 0.6) is 0 Å². The van der Waals surface area contributed by atoms with Crippen LogP contribution < -0.4 is 5.32 Å². The zero-order valence-electron chi connectivity index (χ0n) is 13.8. The fourth-order valence-electron chi connectivity index (χ4n) is 2.42. The number of hydrogen-bond acceptors (Lipinski definition) is 3. The van der Waals surface area contributed by atoms with Crippen LogP contribution in [0.3, 0.4) is 0 Å². The molecule has 1 N–H and O–H groups in total. The van der Waals surface area contributed by atoms with E-state index in [4.69, 9.17) is 0 Å². The average Bonchev–Trinajstić information content (AvgIpc) is 2.35. The molecule has 0 radical (unpaired) electrons. The predicted octanol–water partition coefficient (Wildman–Crippen LogP) is 3.44. The second-order valence-electron chi connectivity index (χ2n) is 7.00. The van der Waals surface area contributed by atoms with E-state index in [0.29, 0.717) is 19.5 Å². The van der Waals surface area contributed by atoms with Crippen LogP contribution in [0.15, 0.2) is 0 Å². The minimum Gasteiger partial charge on any atom is -0.342 e. The molecule has 1 rings (SSSR count). The summed E-state index contributed by atoms with van der Waals surface area (Å²) in [5.41, 5.74) is -2.05. The molecule has 0 aliphatic carbocycles. The number of carbonyl (C=O) groups is 1. The molecule has 1 amide bonds. The number of hydrogen-bond donors (Lipinski definition) is 1. The number of piperidine rings is 1. The highest BCUT2D eigenvalue weighted by Gasteiger charge is 2.56. The van der Waals surface area contributed by atoms with Gasteiger partial charge in [0.1, 0.15) is 5.54 Å². The van der Waals surface area contributed by atoms with E-state index < -0.39 is 17.6 Å². The normalized spacial score (nSPS) is 20.0. The fourth-order valence-corrected chi connectivity index (χ4v) is 3.32. The van der Waals surface area contributed by atoms with Crippen LogP contribution in [-0.2, 0) is 4.79 Å². The number of amides is 1. The molecule has 1 heterocycles. The first-order valence-corrected chi connectivity index (χ1v) is 8.64. The zero-order valence-corrected chi connectivity index (χ0v) is 14.7. The predicted molar refractivity (Wildman–Crippen MR) is 85.1 cm³/mol. The quantitative estimate of drug-likeness (QED) is 0.778. The van der Waals surface area contributed by atoms with E-state index in [1.165, 1.54) is 0 Å². The molecule has 1 saturated heterocycles. The van der Waals surface area contributed by atoms with E-state index in [1.54, 1.807) is 18.8 Å². The number of thioether (sulfide) groups is 1. The summed E-state index contributed by atoms with van der Waals surface area (Å²) in [5.74, 6) is 0.287. The van der Waals surface area contributed by atoms with Gasteiger partial charge in [0.2, 0.25) is 5.91 Å². The Balaban J connectivity index is 2.51. The van der Waals surface area contributed by atoms with Crippen LogP contribution in [-0.4, -0.2) is 53.2 Å². The topological polar surface area (TPSA) is 32.3 Å². The van der Waals surface area contributed by atoms with Gasteiger partial charge in [0.25, 0.3) is 0 Å². The van der Waals surface area contributed by atoms with E-state index in [2.05, 4.69) is 26.1 Å². The summed E-state index contributed by atoms with van der Waals surface area (Å²) in [7, 11) is 1.80. The lowest BCUT2D eigenvalue weighted by Crippen LogP contribution is -2.63. The monoisotopic (exact) mass is 340 g/mol. The third-order valence-electron chi connectivity index (χ3n) is 3.85. The van der Waals surface area contributed by atoms with Crippen molar-refractivity contribution in [2.45, 2.75) is 62.9 Å². The number of nitrogens with one attached hydrogen (secondary N) is 1. The van der Waals surface area contributed by atoms with Crippen LogP contribution >= 0.6 is 11.8 Å². The highest BCUT2D eigenvalue weighted by Crippen LogP contribution is 2.38. The van der Waals surface area contributed by atoms with Crippen LogP contribution in [0.1, 0.15) is 46.5 Å². The number of nitrogens with zero attached hydrogens (tertiary/aromatic N) is 1. The molecule has 1 fully saturated rings. The number of alkyl halides is 3. The number of likely N-dealkylation sites (tertiary alicyclic amines) is 1. The Morgan fingerprint density at radius 1 is 1.23 bits per heavy atom. The highest BCUT2D eigenvalue weighted by atomic mass is 32.2. The number of rotatable bonds is 5. The molecule has 1 aliphatic heterocycles. The Morgan fingerprint density at radius 3 is 2.23 bits per heavy atom. The fraction of sp³-hybridized carbons (Fsp3) is 0.933. The van der Waals surface area contributed by atoms with Crippen LogP contribution in [0.4, 0.5) is 13.2 Å². The first-order chi connectivity index (χ1) is 9.95. The SMILES string of the molecule is CN1CCC(NC(=O)CCCSC(C)(C)C)(C(F)(F)F)CC1. The van der Waals surface area contributed by atoms with Crippen molar-refractivity contribution in [1.82, 2.24) is 10.2 Å². The standard InChI is InChI=1S/C15H27F3N2OS/c1-13(2,3)22-11-5-6-12(21)19-14(15(16,17)18)7-9-20(4)10-8-14/h5-11H2,1-4H3,(H,19,21). The van der Waals surface area contributed by atoms with E-state index in [-0.39, 0.29) is 24.0 Å². The van der Waals surface area contributed by atoms with Gasteiger partial charge in [0.15, 0.2) is 0 Å². The zero-order chi connectivity index (χ0) is 17.0. The summed E-state index contributed by atoms with van der Waals surface area (Å²) < 4.78 is 40.3. The average molecular weight is 340 g/mol. The Morgan fingerprint density at radius 2 is 1.77 bits per heavy atom. The first kappa shape index (κ1) is 19.6. The molecule has 0 atom stereocenters. The van der Waals surface area contributed by atoms with Crippen molar-refractivity contribution in [3.63, 3.8) is 0 Å². The highest BCUT2D eigenvalue weighted by molar-refractivity contribution is 8.00. The summed E-state index contributed by atoms with van der Waals surface area (Å²) in [6, 6.07) is 0. The van der Waals surface area contributed by atoms with Gasteiger partial charge in [-0.05, 0) is 32.1 Å². The van der Waals surface area contributed by atoms with Gasteiger partial charge >= 0.3 is 6.18 Å². The minimum absolute atomic E-state index is 0.0739. The van der Waals surface area contributed by atoms with Gasteiger partial charge in [-0.15, -0.1) is 0 Å². The Hall–Kier alpha value is -0.430. The molecule has 1 aliphatic rings. The molecule has 0 saturated carbocycles. The Bertz CT molecular complexity index is 372. The lowest BCUT2D eigenvalue weighted by Gasteiger charge is -2.42. The molecule has 0 bridgehead atoms. The van der Waals surface area contributed by atoms with Gasteiger partial charge in [-0.25, -0.2) is 0 Å². The minimum atomic E-state index is -4.40. The van der Waals surface area contributed by atoms with E-state index in [9.17, 15) is 18.0 Å². The molecule has 0 spiro atoms. The van der Waals surface area contributed by atoms with Crippen molar-refractivity contribution in [3.8, 4) is 0 Å². The molecule has 3 nitrogen and oxygen atoms in total. The molecule has 0 aromatic heterocycles. The van der Waals surface area contributed by atoms with Crippen LogP contribution in [0.25, 0.3) is 0 Å². The van der Waals surface area contributed by atoms with E-state index in [1.807, 2.05) is 4.90 Å². The van der Waals surface area contributed by atoms with Gasteiger partial charge in [-0.2, -0.15) is 24.9 Å². The lowest BCUT2D eigenvalue weighted by molar-refractivity contribution is -0.209. The van der Waals surface area contributed by atoms with Gasteiger partial charge in [0.05, 0.1) is 0 Å². The summed E-state index contributed by atoms with van der Waals surface area (Å²) in [6.07, 6.45) is -3.80. The maximum Gasteiger partial charge on any atom is 0.411 e. The van der Waals surface area contributed by atoms with Crippen molar-refractivity contribution in [2.24, 2.45) is 0 Å². The van der Waals surface area contributed by atoms with Crippen molar-refractivity contribution < 1.29 is 18.0 Å². The van der Waals surface area contributed by atoms with Crippen LogP contribution in [0, 0.1) is 0 Å². The largest absolute Gasteiger partial charge is 0.411 e. The van der Waals surface area contributed by atoms with Crippen LogP contribution in [0.2, 0.25) is 0 Å². The second kappa shape index (κ2) is 7.43. The summed E-state index contributed by atoms with van der Waals surface area (Å²) in [6.45, 7) is 6.93. The second-order valence-corrected chi connectivity index (χ2v) is 8.92. The number of halogens is 3. The third-order valence-corrected chi connectivity index (χ3v) is 5.20. The summed E-state index contributed by atoms with van der Waals surface area (Å²) in [5, 5.41) is 2.29. The summed E-state index contributed by atoms with van der Waals surface area (Å²) >= 11 is 1.72. The van der Waals surface area contributed by atoms with Gasteiger partial charge < -0.3 is 10.2 Å². The molecular formula is C15H27F3N2OS. The first-order valence-electron chi connectivity index (χ1n) is 7.65. The van der Waals surface area contributed by atoms with Crippen molar-refractivity contribution in [2.75, 3.05) is 25.9 Å². The molecule has 0 unspecified atom stereocenters. The van der Waals surface area contributed by atoms with Crippen molar-refractivity contribution in [1.29, 1.82) is 0 Å². The Labute approximate surface area is 135 Å². The van der Waals surface area contributed by atoms with Crippen molar-refractivity contribution >= 4 is 17.7 Å². The molecule has 130 valence electrons. The number of carbonyl (C=O) groups excluding carboxylic acids is 1. The van der Waals surface area contributed by atoms with Gasteiger partial charge in [-0.1, -0.05) is 20.8 Å². The lowest BCUT2D eigenvalue weighted by atomic mass is 9.86. The third kappa shape index (κ3) is 5.99. The Kier molecular flexibility index (Phi) is 6.62. The van der Waals surface area contributed by atoms with Crippen molar-refractivity contribution in [3.05, 3.63) is 0 Å². The molecule has 0 aromatic rings. The molecular weight excluding hydrogens is 313 g/mol. The molecule has 7 heteroatoms. The smallest absolute Gasteiger partial charge is 0.342 e. The van der Waals surface area contributed by atoms with Gasteiger partial charge in [-0.3, -0.25) is 4.79 Å². The maximum absolute atomic E-state index is 13.4.